The largest absolute Gasteiger partial charge is 0.369 e. The molecule has 0 aliphatic carbocycles. The standard InChI is InChI=1S/C11H11N3O3/c12-11(17)8-3-10(16)14(5-8)9-2-1-7(6-15)4-13-9/h1-2,4,6,8H,3,5H2,(H2,12,17). The van der Waals surface area contributed by atoms with E-state index in [0.717, 1.165) is 0 Å². The van der Waals surface area contributed by atoms with E-state index >= 15 is 0 Å². The van der Waals surface area contributed by atoms with Gasteiger partial charge >= 0.3 is 0 Å². The SMILES string of the molecule is NC(=O)C1CC(=O)N(c2ccc(C=O)cn2)C1. The number of hydrogen-bond acceptors (Lipinski definition) is 4. The van der Waals surface area contributed by atoms with Crippen molar-refractivity contribution < 1.29 is 14.4 Å². The van der Waals surface area contributed by atoms with Crippen molar-refractivity contribution in [2.45, 2.75) is 6.42 Å². The lowest BCUT2D eigenvalue weighted by Gasteiger charge is -2.14. The van der Waals surface area contributed by atoms with Crippen molar-refractivity contribution >= 4 is 23.9 Å². The number of rotatable bonds is 3. The van der Waals surface area contributed by atoms with E-state index in [1.807, 2.05) is 0 Å². The highest BCUT2D eigenvalue weighted by Gasteiger charge is 2.34. The number of anilines is 1. The number of aldehydes is 1. The fraction of sp³-hybridized carbons (Fsp3) is 0.273. The maximum Gasteiger partial charge on any atom is 0.229 e. The minimum absolute atomic E-state index is 0.118. The number of nitrogens with two attached hydrogens (primary N) is 1. The van der Waals surface area contributed by atoms with Crippen molar-refractivity contribution in [3.63, 3.8) is 0 Å². The first-order chi connectivity index (χ1) is 8.11. The third-order valence-electron chi connectivity index (χ3n) is 2.71. The Morgan fingerprint density at radius 3 is 2.76 bits per heavy atom. The summed E-state index contributed by atoms with van der Waals surface area (Å²) in [5, 5.41) is 0. The van der Waals surface area contributed by atoms with Gasteiger partial charge in [-0.2, -0.15) is 0 Å². The third-order valence-corrected chi connectivity index (χ3v) is 2.71. The van der Waals surface area contributed by atoms with Crippen LogP contribution in [-0.2, 0) is 9.59 Å². The van der Waals surface area contributed by atoms with Gasteiger partial charge in [-0.25, -0.2) is 4.98 Å². The molecular formula is C11H11N3O3. The number of carbonyl (C=O) groups excluding carboxylic acids is 3. The normalized spacial score (nSPS) is 19.4. The molecule has 0 aromatic carbocycles. The number of aromatic nitrogens is 1. The van der Waals surface area contributed by atoms with Crippen LogP contribution in [0, 0.1) is 5.92 Å². The van der Waals surface area contributed by atoms with E-state index in [-0.39, 0.29) is 18.9 Å². The fourth-order valence-electron chi connectivity index (χ4n) is 1.75. The molecule has 0 radical (unpaired) electrons. The molecule has 1 fully saturated rings. The summed E-state index contributed by atoms with van der Waals surface area (Å²) in [4.78, 5) is 38.5. The van der Waals surface area contributed by atoms with Gasteiger partial charge in [0.2, 0.25) is 11.8 Å². The molecule has 17 heavy (non-hydrogen) atoms. The molecule has 2 heterocycles. The molecule has 6 nitrogen and oxygen atoms in total. The van der Waals surface area contributed by atoms with Crippen LogP contribution in [0.4, 0.5) is 5.82 Å². The fourth-order valence-corrected chi connectivity index (χ4v) is 1.75. The molecule has 1 aromatic rings. The molecule has 6 heteroatoms. The number of carbonyl (C=O) groups is 3. The average Bonchev–Trinajstić information content (AvgIpc) is 2.72. The van der Waals surface area contributed by atoms with E-state index in [2.05, 4.69) is 4.98 Å². The topological polar surface area (TPSA) is 93.4 Å². The van der Waals surface area contributed by atoms with Crippen molar-refractivity contribution in [1.82, 2.24) is 4.98 Å². The van der Waals surface area contributed by atoms with Gasteiger partial charge in [0.05, 0.1) is 5.92 Å². The zero-order chi connectivity index (χ0) is 12.4. The highest BCUT2D eigenvalue weighted by molar-refractivity contribution is 5.99. The molecular weight excluding hydrogens is 222 g/mol. The molecule has 1 aliphatic rings. The van der Waals surface area contributed by atoms with Crippen LogP contribution < -0.4 is 10.6 Å². The second kappa shape index (κ2) is 4.32. The van der Waals surface area contributed by atoms with Gasteiger partial charge < -0.3 is 5.73 Å². The van der Waals surface area contributed by atoms with E-state index in [4.69, 9.17) is 5.73 Å². The van der Waals surface area contributed by atoms with Crippen molar-refractivity contribution in [3.8, 4) is 0 Å². The van der Waals surface area contributed by atoms with Gasteiger partial charge in [0.1, 0.15) is 5.82 Å². The predicted octanol–water partition coefficient (Wildman–Crippen LogP) is -0.268. The van der Waals surface area contributed by atoms with Gasteiger partial charge in [-0.3, -0.25) is 19.3 Å². The molecule has 88 valence electrons. The quantitative estimate of drug-likeness (QED) is 0.727. The number of pyridine rings is 1. The Morgan fingerprint density at radius 2 is 2.29 bits per heavy atom. The Hall–Kier alpha value is -2.24. The Kier molecular flexibility index (Phi) is 2.86. The molecule has 1 unspecified atom stereocenters. The van der Waals surface area contributed by atoms with Crippen molar-refractivity contribution in [1.29, 1.82) is 0 Å². The summed E-state index contributed by atoms with van der Waals surface area (Å²) in [5.74, 6) is -0.690. The summed E-state index contributed by atoms with van der Waals surface area (Å²) >= 11 is 0. The highest BCUT2D eigenvalue weighted by atomic mass is 16.2. The summed E-state index contributed by atoms with van der Waals surface area (Å²) in [6.45, 7) is 0.252. The van der Waals surface area contributed by atoms with Gasteiger partial charge in [-0.1, -0.05) is 0 Å². The Morgan fingerprint density at radius 1 is 1.53 bits per heavy atom. The van der Waals surface area contributed by atoms with Crippen LogP contribution in [0.25, 0.3) is 0 Å². The van der Waals surface area contributed by atoms with E-state index in [1.165, 1.54) is 11.1 Å². The lowest BCUT2D eigenvalue weighted by atomic mass is 10.1. The van der Waals surface area contributed by atoms with Gasteiger partial charge in [0.15, 0.2) is 6.29 Å². The van der Waals surface area contributed by atoms with Gasteiger partial charge in [-0.05, 0) is 12.1 Å². The molecule has 1 atom stereocenters. The van der Waals surface area contributed by atoms with Crippen LogP contribution in [0.2, 0.25) is 0 Å². The number of hydrogen-bond donors (Lipinski definition) is 1. The van der Waals surface area contributed by atoms with Crippen molar-refractivity contribution in [3.05, 3.63) is 23.9 Å². The van der Waals surface area contributed by atoms with Gasteiger partial charge in [0.25, 0.3) is 0 Å². The van der Waals surface area contributed by atoms with E-state index in [9.17, 15) is 14.4 Å². The second-order valence-electron chi connectivity index (χ2n) is 3.88. The van der Waals surface area contributed by atoms with Crippen molar-refractivity contribution in [2.75, 3.05) is 11.4 Å². The second-order valence-corrected chi connectivity index (χ2v) is 3.88. The smallest absolute Gasteiger partial charge is 0.229 e. The summed E-state index contributed by atoms with van der Waals surface area (Å²) in [5.41, 5.74) is 5.60. The van der Waals surface area contributed by atoms with Crippen LogP contribution in [0.15, 0.2) is 18.3 Å². The Bertz CT molecular complexity index is 469. The molecule has 2 N–H and O–H groups in total. The number of primary amides is 1. The molecule has 1 aliphatic heterocycles. The minimum Gasteiger partial charge on any atom is -0.369 e. The van der Waals surface area contributed by atoms with Crippen LogP contribution in [0.3, 0.4) is 0 Å². The van der Waals surface area contributed by atoms with Gasteiger partial charge in [0, 0.05) is 24.7 Å². The zero-order valence-electron chi connectivity index (χ0n) is 9.00. The summed E-state index contributed by atoms with van der Waals surface area (Å²) in [7, 11) is 0. The van der Waals surface area contributed by atoms with E-state index in [0.29, 0.717) is 17.7 Å². The first-order valence-corrected chi connectivity index (χ1v) is 5.12. The monoisotopic (exact) mass is 233 g/mol. The molecule has 0 bridgehead atoms. The molecule has 1 aromatic heterocycles. The maximum absolute atomic E-state index is 11.7. The first-order valence-electron chi connectivity index (χ1n) is 5.12. The predicted molar refractivity (Wildman–Crippen MR) is 59.3 cm³/mol. The summed E-state index contributed by atoms with van der Waals surface area (Å²) in [6.07, 6.45) is 2.18. The maximum atomic E-state index is 11.7. The van der Waals surface area contributed by atoms with Crippen LogP contribution >= 0.6 is 0 Å². The summed E-state index contributed by atoms with van der Waals surface area (Å²) < 4.78 is 0. The minimum atomic E-state index is -0.481. The highest BCUT2D eigenvalue weighted by Crippen LogP contribution is 2.22. The molecule has 1 saturated heterocycles. The van der Waals surface area contributed by atoms with E-state index < -0.39 is 11.8 Å². The Balaban J connectivity index is 2.19. The lowest BCUT2D eigenvalue weighted by Crippen LogP contribution is -2.28. The first kappa shape index (κ1) is 11.3. The molecule has 2 rings (SSSR count). The van der Waals surface area contributed by atoms with Crippen molar-refractivity contribution in [2.24, 2.45) is 11.7 Å². The number of nitrogens with zero attached hydrogens (tertiary/aromatic N) is 2. The van der Waals surface area contributed by atoms with E-state index in [1.54, 1.807) is 12.1 Å². The Labute approximate surface area is 97.4 Å². The van der Waals surface area contributed by atoms with Crippen LogP contribution in [0.5, 0.6) is 0 Å². The van der Waals surface area contributed by atoms with Gasteiger partial charge in [-0.15, -0.1) is 0 Å². The van der Waals surface area contributed by atoms with Crippen LogP contribution in [-0.4, -0.2) is 29.6 Å². The average molecular weight is 233 g/mol. The van der Waals surface area contributed by atoms with Crippen LogP contribution in [0.1, 0.15) is 16.8 Å². The number of amides is 2. The zero-order valence-corrected chi connectivity index (χ0v) is 9.00. The lowest BCUT2D eigenvalue weighted by molar-refractivity contribution is -0.123. The third kappa shape index (κ3) is 2.15. The molecule has 2 amide bonds. The summed E-state index contributed by atoms with van der Waals surface area (Å²) in [6, 6.07) is 3.14. The molecule has 0 saturated carbocycles. The molecule has 0 spiro atoms.